The summed E-state index contributed by atoms with van der Waals surface area (Å²) in [6.07, 6.45) is -2.51. The van der Waals surface area contributed by atoms with Crippen LogP contribution >= 0.6 is 0 Å². The Kier molecular flexibility index (Phi) is 3.47. The highest BCUT2D eigenvalue weighted by molar-refractivity contribution is 5.63. The fourth-order valence-electron chi connectivity index (χ4n) is 1.64. The first-order chi connectivity index (χ1) is 7.79. The van der Waals surface area contributed by atoms with Crippen molar-refractivity contribution < 1.29 is 18.3 Å². The van der Waals surface area contributed by atoms with Crippen LogP contribution in [0.5, 0.6) is 5.75 Å². The first kappa shape index (κ1) is 13.1. The van der Waals surface area contributed by atoms with E-state index < -0.39 is 11.7 Å². The van der Waals surface area contributed by atoms with Crippen molar-refractivity contribution in [2.45, 2.75) is 20.0 Å². The molecule has 0 heterocycles. The molecule has 0 fully saturated rings. The molecule has 0 atom stereocenters. The number of hydrogen-bond donors (Lipinski definition) is 1. The van der Waals surface area contributed by atoms with Crippen molar-refractivity contribution in [2.75, 3.05) is 0 Å². The van der Waals surface area contributed by atoms with E-state index in [2.05, 4.69) is 0 Å². The molecule has 0 radical (unpaired) electrons. The number of nitrogens with zero attached hydrogens (tertiary/aromatic N) is 1. The predicted molar refractivity (Wildman–Crippen MR) is 57.2 cm³/mol. The molecule has 0 aromatic heterocycles. The first-order valence-corrected chi connectivity index (χ1v) is 4.75. The molecule has 5 heteroatoms. The third-order valence-electron chi connectivity index (χ3n) is 2.39. The monoisotopic (exact) mass is 241 g/mol. The number of phenols is 1. The zero-order valence-corrected chi connectivity index (χ0v) is 9.26. The van der Waals surface area contributed by atoms with Crippen LogP contribution in [0, 0.1) is 25.2 Å². The van der Waals surface area contributed by atoms with Gasteiger partial charge in [-0.1, -0.05) is 0 Å². The van der Waals surface area contributed by atoms with E-state index in [1.165, 1.54) is 19.9 Å². The molecule has 1 N–H and O–H groups in total. The van der Waals surface area contributed by atoms with Gasteiger partial charge in [0.15, 0.2) is 0 Å². The maximum absolute atomic E-state index is 12.8. The zero-order chi connectivity index (χ0) is 13.2. The summed E-state index contributed by atoms with van der Waals surface area (Å²) in [4.78, 5) is 0. The Morgan fingerprint density at radius 3 is 2.41 bits per heavy atom. The van der Waals surface area contributed by atoms with Crippen molar-refractivity contribution in [3.05, 3.63) is 34.4 Å². The Bertz CT molecular complexity index is 510. The number of alkyl halides is 3. The average molecular weight is 241 g/mol. The maximum atomic E-state index is 12.8. The van der Waals surface area contributed by atoms with Gasteiger partial charge in [-0.15, -0.1) is 0 Å². The lowest BCUT2D eigenvalue weighted by Gasteiger charge is -2.16. The summed E-state index contributed by atoms with van der Waals surface area (Å²) >= 11 is 0. The number of halogens is 3. The normalized spacial score (nSPS) is 11.8. The molecular formula is C12H10F3NO. The van der Waals surface area contributed by atoms with Crippen LogP contribution in [0.1, 0.15) is 22.3 Å². The van der Waals surface area contributed by atoms with Gasteiger partial charge in [0.25, 0.3) is 0 Å². The molecule has 0 aliphatic carbocycles. The van der Waals surface area contributed by atoms with Gasteiger partial charge in [-0.25, -0.2) is 0 Å². The predicted octanol–water partition coefficient (Wildman–Crippen LogP) is 3.56. The summed E-state index contributed by atoms with van der Waals surface area (Å²) < 4.78 is 38.5. The third-order valence-corrected chi connectivity index (χ3v) is 2.39. The van der Waals surface area contributed by atoms with Gasteiger partial charge in [-0.05, 0) is 37.1 Å². The van der Waals surface area contributed by atoms with Crippen LogP contribution in [0.15, 0.2) is 12.1 Å². The van der Waals surface area contributed by atoms with Crippen molar-refractivity contribution >= 4 is 6.08 Å². The Balaban J connectivity index is 3.59. The molecule has 0 aliphatic heterocycles. The van der Waals surface area contributed by atoms with Crippen LogP contribution in [-0.4, -0.2) is 5.11 Å². The van der Waals surface area contributed by atoms with Crippen molar-refractivity contribution in [2.24, 2.45) is 0 Å². The van der Waals surface area contributed by atoms with Gasteiger partial charge in [0.1, 0.15) is 5.75 Å². The summed E-state index contributed by atoms with van der Waals surface area (Å²) in [6, 6.07) is 2.85. The maximum Gasteiger partial charge on any atom is 0.417 e. The molecule has 1 rings (SSSR count). The standard InChI is InChI=1S/C12H10F3NO/c1-7-6-9(4-3-5-16)10(12(13,14)15)8(2)11(7)17/h3-4,6,17H,1-2H3/b4-3+. The molecule has 1 aromatic carbocycles. The van der Waals surface area contributed by atoms with E-state index in [9.17, 15) is 18.3 Å². The highest BCUT2D eigenvalue weighted by Gasteiger charge is 2.36. The molecule has 0 saturated heterocycles. The summed E-state index contributed by atoms with van der Waals surface area (Å²) in [6.45, 7) is 2.71. The molecule has 0 bridgehead atoms. The van der Waals surface area contributed by atoms with E-state index >= 15 is 0 Å². The molecule has 0 unspecified atom stereocenters. The Hall–Kier alpha value is -1.96. The van der Waals surface area contributed by atoms with Crippen LogP contribution in [-0.2, 0) is 6.18 Å². The summed E-state index contributed by atoms with van der Waals surface area (Å²) in [5, 5.41) is 17.9. The van der Waals surface area contributed by atoms with Gasteiger partial charge >= 0.3 is 6.18 Å². The number of nitriles is 1. The molecule has 0 spiro atoms. The average Bonchev–Trinajstić information content (AvgIpc) is 2.20. The molecule has 0 saturated carbocycles. The summed E-state index contributed by atoms with van der Waals surface area (Å²) in [5.74, 6) is -0.369. The Labute approximate surface area is 96.6 Å². The van der Waals surface area contributed by atoms with Crippen molar-refractivity contribution in [3.8, 4) is 11.8 Å². The lowest BCUT2D eigenvalue weighted by atomic mass is 9.96. The molecule has 0 aliphatic rings. The number of phenolic OH excluding ortho intramolecular Hbond substituents is 1. The van der Waals surface area contributed by atoms with E-state index in [1.807, 2.05) is 0 Å². The van der Waals surface area contributed by atoms with Crippen molar-refractivity contribution in [1.29, 1.82) is 5.26 Å². The highest BCUT2D eigenvalue weighted by atomic mass is 19.4. The summed E-state index contributed by atoms with van der Waals surface area (Å²) in [7, 11) is 0. The minimum atomic E-state index is -4.57. The van der Waals surface area contributed by atoms with Crippen LogP contribution in [0.4, 0.5) is 13.2 Å². The Morgan fingerprint density at radius 1 is 1.35 bits per heavy atom. The largest absolute Gasteiger partial charge is 0.507 e. The first-order valence-electron chi connectivity index (χ1n) is 4.75. The van der Waals surface area contributed by atoms with Gasteiger partial charge in [0.05, 0.1) is 11.6 Å². The number of rotatable bonds is 1. The lowest BCUT2D eigenvalue weighted by molar-refractivity contribution is -0.138. The summed E-state index contributed by atoms with van der Waals surface area (Å²) in [5.41, 5.74) is -0.915. The van der Waals surface area contributed by atoms with Crippen molar-refractivity contribution in [1.82, 2.24) is 0 Å². The van der Waals surface area contributed by atoms with Crippen molar-refractivity contribution in [3.63, 3.8) is 0 Å². The smallest absolute Gasteiger partial charge is 0.417 e. The van der Waals surface area contributed by atoms with Crippen LogP contribution in [0.25, 0.3) is 6.08 Å². The SMILES string of the molecule is Cc1cc(/C=C/C#N)c(C(F)(F)F)c(C)c1O. The lowest BCUT2D eigenvalue weighted by Crippen LogP contribution is -2.10. The Morgan fingerprint density at radius 2 is 1.94 bits per heavy atom. The molecule has 90 valence electrons. The molecule has 1 aromatic rings. The fraction of sp³-hybridized carbons (Fsp3) is 0.250. The van der Waals surface area contributed by atoms with Gasteiger partial charge in [-0.3, -0.25) is 0 Å². The van der Waals surface area contributed by atoms with Gasteiger partial charge in [-0.2, -0.15) is 18.4 Å². The molecule has 0 amide bonds. The molecule has 2 nitrogen and oxygen atoms in total. The van der Waals surface area contributed by atoms with Crippen LogP contribution in [0.3, 0.4) is 0 Å². The van der Waals surface area contributed by atoms with E-state index in [4.69, 9.17) is 5.26 Å². The van der Waals surface area contributed by atoms with E-state index in [-0.39, 0.29) is 16.9 Å². The number of aryl methyl sites for hydroxylation is 1. The van der Waals surface area contributed by atoms with E-state index in [1.54, 1.807) is 6.07 Å². The topological polar surface area (TPSA) is 44.0 Å². The number of aromatic hydroxyl groups is 1. The minimum Gasteiger partial charge on any atom is -0.507 e. The molecule has 17 heavy (non-hydrogen) atoms. The second-order valence-electron chi connectivity index (χ2n) is 3.59. The van der Waals surface area contributed by atoms with E-state index in [0.29, 0.717) is 5.56 Å². The third kappa shape index (κ3) is 2.59. The van der Waals surface area contributed by atoms with Crippen LogP contribution < -0.4 is 0 Å². The zero-order valence-electron chi connectivity index (χ0n) is 9.26. The van der Waals surface area contributed by atoms with Gasteiger partial charge < -0.3 is 5.11 Å². The van der Waals surface area contributed by atoms with E-state index in [0.717, 1.165) is 12.2 Å². The second-order valence-corrected chi connectivity index (χ2v) is 3.59. The van der Waals surface area contributed by atoms with Crippen LogP contribution in [0.2, 0.25) is 0 Å². The highest BCUT2D eigenvalue weighted by Crippen LogP contribution is 2.39. The number of allylic oxidation sites excluding steroid dienone is 1. The van der Waals surface area contributed by atoms with Gasteiger partial charge in [0, 0.05) is 11.6 Å². The second kappa shape index (κ2) is 4.50. The fourth-order valence-corrected chi connectivity index (χ4v) is 1.64. The minimum absolute atomic E-state index is 0.119. The molecular weight excluding hydrogens is 231 g/mol. The number of benzene rings is 1. The number of hydrogen-bond acceptors (Lipinski definition) is 2. The quantitative estimate of drug-likeness (QED) is 0.764. The van der Waals surface area contributed by atoms with Gasteiger partial charge in [0.2, 0.25) is 0 Å².